The second-order valence-corrected chi connectivity index (χ2v) is 5.62. The molecule has 0 spiro atoms. The number of ether oxygens (including phenoxy) is 1. The lowest BCUT2D eigenvalue weighted by Gasteiger charge is -2.14. The van der Waals surface area contributed by atoms with Gasteiger partial charge in [-0.3, -0.25) is 14.9 Å². The summed E-state index contributed by atoms with van der Waals surface area (Å²) in [4.78, 5) is 22.1. The van der Waals surface area contributed by atoms with Crippen LogP contribution in [-0.2, 0) is 11.3 Å². The van der Waals surface area contributed by atoms with Crippen LogP contribution in [0.25, 0.3) is 10.8 Å². The highest BCUT2D eigenvalue weighted by atomic mass is 16.6. The van der Waals surface area contributed by atoms with Gasteiger partial charge in [0.25, 0.3) is 11.6 Å². The first-order valence-electron chi connectivity index (χ1n) is 7.85. The number of hydrogen-bond donors (Lipinski definition) is 1. The van der Waals surface area contributed by atoms with E-state index in [1.54, 1.807) is 6.07 Å². The summed E-state index contributed by atoms with van der Waals surface area (Å²) in [5.41, 5.74) is -0.0421. The molecule has 0 unspecified atom stereocenters. The molecule has 26 heavy (non-hydrogen) atoms. The standard InChI is InChI=1S/C19H16N2O5/c22-18-8-6-16(21(24)25)9-15(18)11-20-19(23)12-26-17-7-5-13-3-1-2-4-14(13)10-17/h1-10,22H,11-12H2,(H,20,23)/p-1. The highest BCUT2D eigenvalue weighted by Gasteiger charge is 2.09. The number of nitro groups is 1. The van der Waals surface area contributed by atoms with Gasteiger partial charge in [0, 0.05) is 18.7 Å². The van der Waals surface area contributed by atoms with Crippen LogP contribution in [0.2, 0.25) is 0 Å². The van der Waals surface area contributed by atoms with E-state index in [-0.39, 0.29) is 30.2 Å². The minimum Gasteiger partial charge on any atom is -0.872 e. The molecule has 7 heteroatoms. The van der Waals surface area contributed by atoms with Crippen molar-refractivity contribution in [1.29, 1.82) is 0 Å². The predicted molar refractivity (Wildman–Crippen MR) is 93.8 cm³/mol. The van der Waals surface area contributed by atoms with E-state index in [1.165, 1.54) is 0 Å². The minimum absolute atomic E-state index is 0.0968. The molecule has 0 bridgehead atoms. The van der Waals surface area contributed by atoms with Crippen molar-refractivity contribution >= 4 is 22.4 Å². The first-order valence-corrected chi connectivity index (χ1v) is 7.85. The zero-order valence-corrected chi connectivity index (χ0v) is 13.7. The van der Waals surface area contributed by atoms with Gasteiger partial charge in [0.1, 0.15) is 5.75 Å². The Bertz CT molecular complexity index is 971. The molecule has 3 aromatic rings. The molecule has 0 heterocycles. The molecule has 0 aliphatic rings. The Morgan fingerprint density at radius 2 is 1.81 bits per heavy atom. The Kier molecular flexibility index (Phi) is 4.98. The lowest BCUT2D eigenvalue weighted by atomic mass is 10.1. The van der Waals surface area contributed by atoms with Crippen LogP contribution in [0.4, 0.5) is 5.69 Å². The van der Waals surface area contributed by atoms with Crippen LogP contribution in [-0.4, -0.2) is 17.4 Å². The van der Waals surface area contributed by atoms with E-state index in [1.807, 2.05) is 36.4 Å². The van der Waals surface area contributed by atoms with Crippen LogP contribution < -0.4 is 15.2 Å². The van der Waals surface area contributed by atoms with E-state index >= 15 is 0 Å². The van der Waals surface area contributed by atoms with Gasteiger partial charge in [0.2, 0.25) is 0 Å². The van der Waals surface area contributed by atoms with E-state index in [0.717, 1.165) is 29.0 Å². The molecule has 0 fully saturated rings. The molecular formula is C19H15N2O5-. The number of non-ortho nitro benzene ring substituents is 1. The van der Waals surface area contributed by atoms with Gasteiger partial charge in [0.15, 0.2) is 6.61 Å². The summed E-state index contributed by atoms with van der Waals surface area (Å²) in [6.07, 6.45) is 0. The Morgan fingerprint density at radius 3 is 2.58 bits per heavy atom. The average molecular weight is 351 g/mol. The molecule has 0 atom stereocenters. The number of benzene rings is 3. The summed E-state index contributed by atoms with van der Waals surface area (Å²) in [5, 5.41) is 27.0. The molecule has 1 amide bonds. The number of rotatable bonds is 6. The van der Waals surface area contributed by atoms with Crippen LogP contribution in [0.3, 0.4) is 0 Å². The molecular weight excluding hydrogens is 336 g/mol. The number of nitrogens with zero attached hydrogens (tertiary/aromatic N) is 1. The highest BCUT2D eigenvalue weighted by molar-refractivity contribution is 5.84. The van der Waals surface area contributed by atoms with E-state index in [9.17, 15) is 20.0 Å². The maximum Gasteiger partial charge on any atom is 0.269 e. The number of nitro benzene ring substituents is 1. The number of carbonyl (C=O) groups excluding carboxylic acids is 1. The Labute approximate surface area is 149 Å². The van der Waals surface area contributed by atoms with Crippen molar-refractivity contribution in [3.8, 4) is 11.5 Å². The maximum absolute atomic E-state index is 11.9. The third kappa shape index (κ3) is 4.07. The topological polar surface area (TPSA) is 105 Å². The fourth-order valence-electron chi connectivity index (χ4n) is 2.47. The third-order valence-electron chi connectivity index (χ3n) is 3.82. The summed E-state index contributed by atoms with van der Waals surface area (Å²) in [6.45, 7) is -0.318. The van der Waals surface area contributed by atoms with Gasteiger partial charge in [-0.15, -0.1) is 5.75 Å². The lowest BCUT2D eigenvalue weighted by molar-refractivity contribution is -0.385. The zero-order valence-electron chi connectivity index (χ0n) is 13.7. The minimum atomic E-state index is -0.590. The van der Waals surface area contributed by atoms with Crippen molar-refractivity contribution in [3.05, 3.63) is 76.3 Å². The SMILES string of the molecule is O=C(COc1ccc2ccccc2c1)NCc1cc([N+](=O)[O-])ccc1[O-]. The molecule has 3 aromatic carbocycles. The monoisotopic (exact) mass is 351 g/mol. The van der Waals surface area contributed by atoms with Crippen molar-refractivity contribution in [2.45, 2.75) is 6.54 Å². The Hall–Kier alpha value is -3.61. The van der Waals surface area contributed by atoms with Gasteiger partial charge in [0.05, 0.1) is 4.92 Å². The Balaban J connectivity index is 1.57. The summed E-state index contributed by atoms with van der Waals surface area (Å²) in [6, 6.07) is 16.7. The smallest absolute Gasteiger partial charge is 0.269 e. The summed E-state index contributed by atoms with van der Waals surface area (Å²) in [7, 11) is 0. The van der Waals surface area contributed by atoms with Gasteiger partial charge in [-0.25, -0.2) is 0 Å². The first-order chi connectivity index (χ1) is 12.5. The van der Waals surface area contributed by atoms with Crippen molar-refractivity contribution in [3.63, 3.8) is 0 Å². The van der Waals surface area contributed by atoms with Crippen molar-refractivity contribution in [1.82, 2.24) is 5.32 Å². The van der Waals surface area contributed by atoms with Gasteiger partial charge in [-0.1, -0.05) is 36.4 Å². The van der Waals surface area contributed by atoms with Crippen molar-refractivity contribution in [2.24, 2.45) is 0 Å². The van der Waals surface area contributed by atoms with Crippen LogP contribution in [0.1, 0.15) is 5.56 Å². The predicted octanol–water partition coefficient (Wildman–Crippen LogP) is 2.52. The van der Waals surface area contributed by atoms with E-state index in [0.29, 0.717) is 5.75 Å². The number of amides is 1. The number of nitrogens with one attached hydrogen (secondary N) is 1. The maximum atomic E-state index is 11.9. The molecule has 0 aromatic heterocycles. The molecule has 0 saturated carbocycles. The fraction of sp³-hybridized carbons (Fsp3) is 0.105. The molecule has 0 radical (unpaired) electrons. The normalized spacial score (nSPS) is 10.5. The molecule has 0 saturated heterocycles. The van der Waals surface area contributed by atoms with Crippen LogP contribution >= 0.6 is 0 Å². The Morgan fingerprint density at radius 1 is 1.04 bits per heavy atom. The van der Waals surface area contributed by atoms with Gasteiger partial charge in [-0.05, 0) is 28.5 Å². The second-order valence-electron chi connectivity index (χ2n) is 5.62. The molecule has 0 aliphatic carbocycles. The van der Waals surface area contributed by atoms with Gasteiger partial charge >= 0.3 is 0 Å². The summed E-state index contributed by atoms with van der Waals surface area (Å²) >= 11 is 0. The molecule has 132 valence electrons. The van der Waals surface area contributed by atoms with Gasteiger partial charge in [-0.2, -0.15) is 0 Å². The van der Waals surface area contributed by atoms with Gasteiger partial charge < -0.3 is 15.2 Å². The fourth-order valence-corrected chi connectivity index (χ4v) is 2.47. The van der Waals surface area contributed by atoms with E-state index in [4.69, 9.17) is 4.74 Å². The number of fused-ring (bicyclic) bond motifs is 1. The van der Waals surface area contributed by atoms with Crippen molar-refractivity contribution < 1.29 is 19.6 Å². The molecule has 3 rings (SSSR count). The first kappa shape index (κ1) is 17.2. The largest absolute Gasteiger partial charge is 0.872 e. The van der Waals surface area contributed by atoms with Crippen molar-refractivity contribution in [2.75, 3.05) is 6.61 Å². The second kappa shape index (κ2) is 7.52. The van der Waals surface area contributed by atoms with Crippen LogP contribution in [0.15, 0.2) is 60.7 Å². The quantitative estimate of drug-likeness (QED) is 0.543. The number of carbonyl (C=O) groups is 1. The summed E-state index contributed by atoms with van der Waals surface area (Å²) in [5.74, 6) is -0.242. The third-order valence-corrected chi connectivity index (χ3v) is 3.82. The van der Waals surface area contributed by atoms with E-state index in [2.05, 4.69) is 5.32 Å². The highest BCUT2D eigenvalue weighted by Crippen LogP contribution is 2.21. The van der Waals surface area contributed by atoms with Crippen LogP contribution in [0.5, 0.6) is 11.5 Å². The average Bonchev–Trinajstić information content (AvgIpc) is 2.65. The molecule has 1 N–H and O–H groups in total. The molecule has 0 aliphatic heterocycles. The lowest BCUT2D eigenvalue weighted by Crippen LogP contribution is -2.28. The van der Waals surface area contributed by atoms with E-state index < -0.39 is 10.8 Å². The van der Waals surface area contributed by atoms with Crippen LogP contribution in [0, 0.1) is 10.1 Å². The zero-order chi connectivity index (χ0) is 18.5. The summed E-state index contributed by atoms with van der Waals surface area (Å²) < 4.78 is 5.46. The number of hydrogen-bond acceptors (Lipinski definition) is 5. The molecule has 7 nitrogen and oxygen atoms in total.